The number of benzene rings is 2. The van der Waals surface area contributed by atoms with Crippen molar-refractivity contribution in [1.29, 1.82) is 0 Å². The molecule has 3 rings (SSSR count). The zero-order valence-electron chi connectivity index (χ0n) is 16.9. The first-order valence-corrected chi connectivity index (χ1v) is 10.6. The SMILES string of the molecule is COc1cc(Nc2ccc(S(=O)(=O)N3CCCC3)cc2[N+](=O)[O-])cc(OC)c1OC. The van der Waals surface area contributed by atoms with E-state index in [0.717, 1.165) is 18.9 Å². The summed E-state index contributed by atoms with van der Waals surface area (Å²) >= 11 is 0. The van der Waals surface area contributed by atoms with E-state index in [4.69, 9.17) is 14.2 Å². The van der Waals surface area contributed by atoms with Crippen LogP contribution in [0.3, 0.4) is 0 Å². The highest BCUT2D eigenvalue weighted by Crippen LogP contribution is 2.41. The van der Waals surface area contributed by atoms with Crippen molar-refractivity contribution >= 4 is 27.1 Å². The molecule has 0 saturated carbocycles. The minimum absolute atomic E-state index is 0.105. The highest BCUT2D eigenvalue weighted by Gasteiger charge is 2.29. The van der Waals surface area contributed by atoms with Crippen LogP contribution < -0.4 is 19.5 Å². The zero-order valence-corrected chi connectivity index (χ0v) is 17.7. The molecule has 2 aromatic carbocycles. The fourth-order valence-electron chi connectivity index (χ4n) is 3.31. The molecule has 162 valence electrons. The van der Waals surface area contributed by atoms with Crippen LogP contribution in [0.25, 0.3) is 0 Å². The number of ether oxygens (including phenoxy) is 3. The Morgan fingerprint density at radius 2 is 1.60 bits per heavy atom. The summed E-state index contributed by atoms with van der Waals surface area (Å²) < 4.78 is 42.7. The second kappa shape index (κ2) is 8.76. The number of nitro benzene ring substituents is 1. The Bertz CT molecular complexity index is 1030. The maximum absolute atomic E-state index is 12.8. The topological polar surface area (TPSA) is 120 Å². The van der Waals surface area contributed by atoms with Crippen molar-refractivity contribution in [1.82, 2.24) is 4.31 Å². The molecule has 0 aliphatic carbocycles. The van der Waals surface area contributed by atoms with Crippen molar-refractivity contribution < 1.29 is 27.6 Å². The van der Waals surface area contributed by atoms with Gasteiger partial charge < -0.3 is 19.5 Å². The van der Waals surface area contributed by atoms with E-state index in [1.165, 1.54) is 37.8 Å². The van der Waals surface area contributed by atoms with Crippen molar-refractivity contribution in [2.45, 2.75) is 17.7 Å². The first-order chi connectivity index (χ1) is 14.3. The highest BCUT2D eigenvalue weighted by molar-refractivity contribution is 7.89. The van der Waals surface area contributed by atoms with E-state index in [1.807, 2.05) is 0 Å². The summed E-state index contributed by atoms with van der Waals surface area (Å²) in [6, 6.07) is 7.01. The third kappa shape index (κ3) is 4.12. The molecule has 0 spiro atoms. The van der Waals surface area contributed by atoms with Crippen molar-refractivity contribution in [3.05, 3.63) is 40.4 Å². The average molecular weight is 437 g/mol. The molecule has 0 bridgehead atoms. The van der Waals surface area contributed by atoms with E-state index in [9.17, 15) is 18.5 Å². The van der Waals surface area contributed by atoms with E-state index >= 15 is 0 Å². The average Bonchev–Trinajstić information content (AvgIpc) is 3.28. The highest BCUT2D eigenvalue weighted by atomic mass is 32.2. The van der Waals surface area contributed by atoms with Gasteiger partial charge in [0.05, 0.1) is 31.1 Å². The van der Waals surface area contributed by atoms with Crippen LogP contribution >= 0.6 is 0 Å². The molecule has 0 radical (unpaired) electrons. The normalized spacial score (nSPS) is 14.4. The molecular formula is C19H23N3O7S. The Morgan fingerprint density at radius 1 is 1.00 bits per heavy atom. The molecule has 1 N–H and O–H groups in total. The summed E-state index contributed by atoms with van der Waals surface area (Å²) in [5.41, 5.74) is 0.224. The number of hydrogen-bond acceptors (Lipinski definition) is 8. The standard InChI is InChI=1S/C19H23N3O7S/c1-27-17-10-13(11-18(28-2)19(17)29-3)20-15-7-6-14(12-16(15)22(23)24)30(25,26)21-8-4-5-9-21/h6-7,10-12,20H,4-5,8-9H2,1-3H3. The number of sulfonamides is 1. The first-order valence-electron chi connectivity index (χ1n) is 9.17. The molecule has 30 heavy (non-hydrogen) atoms. The Morgan fingerprint density at radius 3 is 2.10 bits per heavy atom. The zero-order chi connectivity index (χ0) is 21.9. The Kier molecular flexibility index (Phi) is 6.32. The van der Waals surface area contributed by atoms with Crippen molar-refractivity contribution in [2.75, 3.05) is 39.7 Å². The summed E-state index contributed by atoms with van der Waals surface area (Å²) in [6.45, 7) is 0.836. The van der Waals surface area contributed by atoms with E-state index in [2.05, 4.69) is 5.32 Å². The molecule has 0 atom stereocenters. The molecule has 1 saturated heterocycles. The van der Waals surface area contributed by atoms with Gasteiger partial charge in [-0.05, 0) is 25.0 Å². The van der Waals surface area contributed by atoms with Crippen LogP contribution in [0.4, 0.5) is 17.1 Å². The van der Waals surface area contributed by atoms with Crippen molar-refractivity contribution in [3.63, 3.8) is 0 Å². The minimum atomic E-state index is -3.77. The lowest BCUT2D eigenvalue weighted by molar-refractivity contribution is -0.384. The summed E-state index contributed by atoms with van der Waals surface area (Å²) in [4.78, 5) is 10.9. The van der Waals surface area contributed by atoms with Crippen LogP contribution in [0.5, 0.6) is 17.2 Å². The van der Waals surface area contributed by atoms with Gasteiger partial charge >= 0.3 is 0 Å². The van der Waals surface area contributed by atoms with Gasteiger partial charge in [0, 0.05) is 37.0 Å². The van der Waals surface area contributed by atoms with E-state index < -0.39 is 14.9 Å². The fourth-order valence-corrected chi connectivity index (χ4v) is 4.85. The Labute approximate surface area is 174 Å². The first kappa shape index (κ1) is 21.7. The molecule has 11 heteroatoms. The number of nitro groups is 1. The van der Waals surface area contributed by atoms with Crippen LogP contribution in [0.15, 0.2) is 35.2 Å². The molecule has 1 heterocycles. The van der Waals surface area contributed by atoms with Crippen LogP contribution in [-0.4, -0.2) is 52.1 Å². The number of rotatable bonds is 8. The monoisotopic (exact) mass is 437 g/mol. The molecule has 1 aliphatic heterocycles. The third-order valence-corrected chi connectivity index (χ3v) is 6.71. The van der Waals surface area contributed by atoms with Gasteiger partial charge in [-0.2, -0.15) is 4.31 Å². The van der Waals surface area contributed by atoms with Gasteiger partial charge in [0.15, 0.2) is 11.5 Å². The Balaban J connectivity index is 2.00. The van der Waals surface area contributed by atoms with Gasteiger partial charge in [0.25, 0.3) is 5.69 Å². The fraction of sp³-hybridized carbons (Fsp3) is 0.368. The number of nitrogens with zero attached hydrogens (tertiary/aromatic N) is 2. The van der Waals surface area contributed by atoms with Crippen molar-refractivity contribution in [3.8, 4) is 17.2 Å². The van der Waals surface area contributed by atoms with Crippen LogP contribution in [-0.2, 0) is 10.0 Å². The molecule has 0 aromatic heterocycles. The third-order valence-electron chi connectivity index (χ3n) is 4.81. The second-order valence-corrected chi connectivity index (χ2v) is 8.52. The van der Waals surface area contributed by atoms with Crippen LogP contribution in [0.1, 0.15) is 12.8 Å². The maximum atomic E-state index is 12.8. The summed E-state index contributed by atoms with van der Waals surface area (Å²) in [5, 5.41) is 14.6. The molecule has 10 nitrogen and oxygen atoms in total. The predicted molar refractivity (Wildman–Crippen MR) is 110 cm³/mol. The van der Waals surface area contributed by atoms with Gasteiger partial charge in [-0.15, -0.1) is 0 Å². The Hall–Kier alpha value is -3.05. The molecule has 1 fully saturated rings. The van der Waals surface area contributed by atoms with Gasteiger partial charge in [-0.3, -0.25) is 10.1 Å². The number of anilines is 2. The maximum Gasteiger partial charge on any atom is 0.294 e. The minimum Gasteiger partial charge on any atom is -0.493 e. The summed E-state index contributed by atoms with van der Waals surface area (Å²) in [7, 11) is 0.620. The largest absolute Gasteiger partial charge is 0.493 e. The molecule has 0 amide bonds. The van der Waals surface area contributed by atoms with Gasteiger partial charge in [-0.25, -0.2) is 8.42 Å². The molecular weight excluding hydrogens is 414 g/mol. The lowest BCUT2D eigenvalue weighted by Crippen LogP contribution is -2.27. The van der Waals surface area contributed by atoms with Crippen LogP contribution in [0, 0.1) is 10.1 Å². The lowest BCUT2D eigenvalue weighted by Gasteiger charge is -2.17. The quantitative estimate of drug-likeness (QED) is 0.494. The predicted octanol–water partition coefficient (Wildman–Crippen LogP) is 3.15. The number of methoxy groups -OCH3 is 3. The van der Waals surface area contributed by atoms with Gasteiger partial charge in [0.2, 0.25) is 15.8 Å². The summed E-state index contributed by atoms with van der Waals surface area (Å²) in [5.74, 6) is 1.12. The van der Waals surface area contributed by atoms with Crippen molar-refractivity contribution in [2.24, 2.45) is 0 Å². The molecule has 1 aliphatic rings. The van der Waals surface area contributed by atoms with E-state index in [1.54, 1.807) is 12.1 Å². The van der Waals surface area contributed by atoms with Gasteiger partial charge in [0.1, 0.15) is 5.69 Å². The van der Waals surface area contributed by atoms with Crippen LogP contribution in [0.2, 0.25) is 0 Å². The smallest absolute Gasteiger partial charge is 0.294 e. The second-order valence-electron chi connectivity index (χ2n) is 6.59. The van der Waals surface area contributed by atoms with Gasteiger partial charge in [-0.1, -0.05) is 0 Å². The number of nitrogens with one attached hydrogen (secondary N) is 1. The lowest BCUT2D eigenvalue weighted by atomic mass is 10.2. The molecule has 2 aromatic rings. The summed E-state index contributed by atoms with van der Waals surface area (Å²) in [6.07, 6.45) is 1.56. The molecule has 0 unspecified atom stereocenters. The van der Waals surface area contributed by atoms with E-state index in [0.29, 0.717) is 36.0 Å². The van der Waals surface area contributed by atoms with E-state index in [-0.39, 0.29) is 16.3 Å². The number of hydrogen-bond donors (Lipinski definition) is 1.